The summed E-state index contributed by atoms with van der Waals surface area (Å²) in [5.41, 5.74) is 1.44. The second kappa shape index (κ2) is 7.40. The Morgan fingerprint density at radius 1 is 1.33 bits per heavy atom. The van der Waals surface area contributed by atoms with E-state index in [-0.39, 0.29) is 29.5 Å². The summed E-state index contributed by atoms with van der Waals surface area (Å²) >= 11 is 1.33. The van der Waals surface area contributed by atoms with E-state index in [9.17, 15) is 14.0 Å². The average Bonchev–Trinajstić information content (AvgIpc) is 3.38. The first-order valence-electron chi connectivity index (χ1n) is 8.97. The van der Waals surface area contributed by atoms with Gasteiger partial charge in [0.25, 0.3) is 0 Å². The normalized spacial score (nSPS) is 21.0. The topological polar surface area (TPSA) is 64.6 Å². The minimum atomic E-state index is -0.335. The smallest absolute Gasteiger partial charge is 0.225 e. The molecule has 142 valence electrons. The number of hydrogen-bond acceptors (Lipinski definition) is 5. The van der Waals surface area contributed by atoms with Gasteiger partial charge in [-0.3, -0.25) is 9.59 Å². The Hall–Kier alpha value is -2.25. The number of carbonyl (C=O) groups is 2. The zero-order chi connectivity index (χ0) is 19.0. The first-order valence-corrected chi connectivity index (χ1v) is 9.78. The maximum Gasteiger partial charge on any atom is 0.225 e. The summed E-state index contributed by atoms with van der Waals surface area (Å²) in [6.45, 7) is 2.96. The van der Waals surface area contributed by atoms with Crippen molar-refractivity contribution in [2.75, 3.05) is 19.8 Å². The van der Waals surface area contributed by atoms with Crippen molar-refractivity contribution in [1.29, 1.82) is 0 Å². The van der Waals surface area contributed by atoms with E-state index >= 15 is 0 Å². The maximum absolute atomic E-state index is 14.1. The van der Waals surface area contributed by atoms with Gasteiger partial charge in [0.15, 0.2) is 5.78 Å². The van der Waals surface area contributed by atoms with Crippen molar-refractivity contribution in [2.24, 2.45) is 5.92 Å². The minimum Gasteiger partial charge on any atom is -0.487 e. The SMILES string of the molecule is CC(=O)c1ccc(-c2cc(F)cc3c2O[C@H](CNC(=O)[C@H]2CCOC2)C3)s1. The number of ether oxygens (including phenoxy) is 2. The van der Waals surface area contributed by atoms with Gasteiger partial charge in [0.1, 0.15) is 17.7 Å². The Bertz CT molecular complexity index is 888. The monoisotopic (exact) mass is 389 g/mol. The molecule has 0 aliphatic carbocycles. The molecule has 27 heavy (non-hydrogen) atoms. The fourth-order valence-corrected chi connectivity index (χ4v) is 4.38. The molecule has 7 heteroatoms. The number of benzene rings is 1. The van der Waals surface area contributed by atoms with E-state index < -0.39 is 0 Å². The molecule has 2 aliphatic heterocycles. The molecule has 2 aromatic rings. The van der Waals surface area contributed by atoms with Crippen molar-refractivity contribution in [2.45, 2.75) is 25.9 Å². The van der Waals surface area contributed by atoms with Crippen LogP contribution in [0.3, 0.4) is 0 Å². The van der Waals surface area contributed by atoms with Crippen molar-refractivity contribution < 1.29 is 23.5 Å². The van der Waals surface area contributed by atoms with E-state index in [0.717, 1.165) is 16.9 Å². The number of nitrogens with one attached hydrogen (secondary N) is 1. The molecule has 1 amide bonds. The highest BCUT2D eigenvalue weighted by atomic mass is 32.1. The molecule has 1 saturated heterocycles. The molecule has 4 rings (SSSR count). The molecule has 1 fully saturated rings. The van der Waals surface area contributed by atoms with Crippen LogP contribution in [-0.4, -0.2) is 37.6 Å². The molecule has 0 unspecified atom stereocenters. The second-order valence-corrected chi connectivity index (χ2v) is 8.00. The first kappa shape index (κ1) is 18.1. The number of thiophene rings is 1. The summed E-state index contributed by atoms with van der Waals surface area (Å²) in [5, 5.41) is 2.91. The lowest BCUT2D eigenvalue weighted by Gasteiger charge is -2.15. The highest BCUT2D eigenvalue weighted by Gasteiger charge is 2.29. The Balaban J connectivity index is 1.49. The van der Waals surface area contributed by atoms with Gasteiger partial charge in [-0.15, -0.1) is 11.3 Å². The summed E-state index contributed by atoms with van der Waals surface area (Å²) in [6, 6.07) is 6.47. The largest absolute Gasteiger partial charge is 0.487 e. The third-order valence-electron chi connectivity index (χ3n) is 4.89. The van der Waals surface area contributed by atoms with Crippen LogP contribution in [0.4, 0.5) is 4.39 Å². The van der Waals surface area contributed by atoms with Gasteiger partial charge in [0.2, 0.25) is 5.91 Å². The number of carbonyl (C=O) groups excluding carboxylic acids is 2. The zero-order valence-electron chi connectivity index (χ0n) is 14.9. The Labute approximate surface area is 160 Å². The molecule has 3 heterocycles. The summed E-state index contributed by atoms with van der Waals surface area (Å²) in [6.07, 6.45) is 1.04. The van der Waals surface area contributed by atoms with Crippen molar-refractivity contribution >= 4 is 23.0 Å². The standard InChI is InChI=1S/C20H20FNO4S/c1-11(23)17-2-3-18(27-17)16-8-14(21)6-13-7-15(26-19(13)16)9-22-20(24)12-4-5-25-10-12/h2-3,6,8,12,15H,4-5,7,9-10H2,1H3,(H,22,24)/t12-,15-/m0/s1. The number of rotatable bonds is 5. The van der Waals surface area contributed by atoms with E-state index in [1.54, 1.807) is 6.07 Å². The Kier molecular flexibility index (Phi) is 4.97. The van der Waals surface area contributed by atoms with Crippen LogP contribution < -0.4 is 10.1 Å². The third-order valence-corrected chi connectivity index (χ3v) is 6.10. The van der Waals surface area contributed by atoms with E-state index in [1.807, 2.05) is 6.07 Å². The van der Waals surface area contributed by atoms with Crippen LogP contribution in [-0.2, 0) is 16.0 Å². The van der Waals surface area contributed by atoms with Crippen LogP contribution >= 0.6 is 11.3 Å². The minimum absolute atomic E-state index is 0.0169. The van der Waals surface area contributed by atoms with Crippen molar-refractivity contribution in [3.8, 4) is 16.2 Å². The third kappa shape index (κ3) is 3.75. The lowest BCUT2D eigenvalue weighted by Crippen LogP contribution is -2.38. The molecular formula is C20H20FNO4S. The van der Waals surface area contributed by atoms with Gasteiger partial charge in [-0.25, -0.2) is 4.39 Å². The highest BCUT2D eigenvalue weighted by molar-refractivity contribution is 7.17. The van der Waals surface area contributed by atoms with Gasteiger partial charge < -0.3 is 14.8 Å². The Morgan fingerprint density at radius 2 is 2.19 bits per heavy atom. The summed E-state index contributed by atoms with van der Waals surface area (Å²) in [7, 11) is 0. The molecule has 5 nitrogen and oxygen atoms in total. The van der Waals surface area contributed by atoms with Gasteiger partial charge in [-0.05, 0) is 37.6 Å². The highest BCUT2D eigenvalue weighted by Crippen LogP contribution is 2.42. The molecule has 2 aliphatic rings. The van der Waals surface area contributed by atoms with E-state index in [2.05, 4.69) is 5.32 Å². The van der Waals surface area contributed by atoms with Crippen LogP contribution in [0.1, 0.15) is 28.6 Å². The van der Waals surface area contributed by atoms with Gasteiger partial charge in [-0.2, -0.15) is 0 Å². The molecule has 1 N–H and O–H groups in total. The van der Waals surface area contributed by atoms with E-state index in [1.165, 1.54) is 30.4 Å². The summed E-state index contributed by atoms with van der Waals surface area (Å²) in [5.74, 6) is 0.159. The van der Waals surface area contributed by atoms with Gasteiger partial charge in [-0.1, -0.05) is 0 Å². The van der Waals surface area contributed by atoms with Gasteiger partial charge in [0.05, 0.1) is 23.9 Å². The summed E-state index contributed by atoms with van der Waals surface area (Å²) < 4.78 is 25.4. The van der Waals surface area contributed by atoms with E-state index in [0.29, 0.717) is 42.4 Å². The van der Waals surface area contributed by atoms with Crippen molar-refractivity contribution in [1.82, 2.24) is 5.32 Å². The van der Waals surface area contributed by atoms with Gasteiger partial charge >= 0.3 is 0 Å². The summed E-state index contributed by atoms with van der Waals surface area (Å²) in [4.78, 5) is 25.1. The number of fused-ring (bicyclic) bond motifs is 1. The average molecular weight is 389 g/mol. The van der Waals surface area contributed by atoms with Crippen LogP contribution in [0.25, 0.3) is 10.4 Å². The molecular weight excluding hydrogens is 369 g/mol. The first-order chi connectivity index (χ1) is 13.0. The molecule has 0 spiro atoms. The zero-order valence-corrected chi connectivity index (χ0v) is 15.7. The second-order valence-electron chi connectivity index (χ2n) is 6.91. The number of ketones is 1. The van der Waals surface area contributed by atoms with Crippen LogP contribution in [0, 0.1) is 11.7 Å². The van der Waals surface area contributed by atoms with Crippen molar-refractivity contribution in [3.05, 3.63) is 40.5 Å². The molecule has 2 atom stereocenters. The number of Topliss-reactive ketones (excluding diaryl/α,β-unsaturated/α-hetero) is 1. The number of hydrogen-bond donors (Lipinski definition) is 1. The van der Waals surface area contributed by atoms with Crippen LogP contribution in [0.15, 0.2) is 24.3 Å². The maximum atomic E-state index is 14.1. The molecule has 1 aromatic heterocycles. The Morgan fingerprint density at radius 3 is 2.89 bits per heavy atom. The predicted molar refractivity (Wildman–Crippen MR) is 99.8 cm³/mol. The van der Waals surface area contributed by atoms with Crippen LogP contribution in [0.5, 0.6) is 5.75 Å². The number of amides is 1. The molecule has 0 radical (unpaired) electrons. The molecule has 0 bridgehead atoms. The van der Waals surface area contributed by atoms with E-state index in [4.69, 9.17) is 9.47 Å². The predicted octanol–water partition coefficient (Wildman–Crippen LogP) is 3.21. The fourth-order valence-electron chi connectivity index (χ4n) is 3.46. The van der Waals surface area contributed by atoms with Gasteiger partial charge in [0, 0.05) is 29.0 Å². The number of halogens is 1. The fraction of sp³-hybridized carbons (Fsp3) is 0.400. The lowest BCUT2D eigenvalue weighted by molar-refractivity contribution is -0.125. The van der Waals surface area contributed by atoms with Crippen LogP contribution in [0.2, 0.25) is 0 Å². The quantitative estimate of drug-likeness (QED) is 0.798. The van der Waals surface area contributed by atoms with Crippen molar-refractivity contribution in [3.63, 3.8) is 0 Å². The lowest BCUT2D eigenvalue weighted by atomic mass is 10.0. The molecule has 1 aromatic carbocycles. The molecule has 0 saturated carbocycles.